The van der Waals surface area contributed by atoms with E-state index in [0.717, 1.165) is 12.8 Å². The van der Waals surface area contributed by atoms with Gasteiger partial charge in [0.2, 0.25) is 5.24 Å². The van der Waals surface area contributed by atoms with Crippen molar-refractivity contribution in [1.82, 2.24) is 0 Å². The van der Waals surface area contributed by atoms with E-state index in [9.17, 15) is 9.59 Å². The standard InChI is InChI=1S/C9H13ClO3/c1-3-4-5-13-8(11)6-7(2)9(10)12/h2-6H2,1H3. The van der Waals surface area contributed by atoms with Crippen LogP contribution in [-0.4, -0.2) is 17.8 Å². The first kappa shape index (κ1) is 12.2. The van der Waals surface area contributed by atoms with E-state index < -0.39 is 11.2 Å². The van der Waals surface area contributed by atoms with Gasteiger partial charge in [-0.25, -0.2) is 0 Å². The average Bonchev–Trinajstić information content (AvgIpc) is 2.04. The fourth-order valence-electron chi connectivity index (χ4n) is 0.625. The molecule has 0 heterocycles. The van der Waals surface area contributed by atoms with Crippen molar-refractivity contribution in [3.8, 4) is 0 Å². The van der Waals surface area contributed by atoms with Crippen molar-refractivity contribution in [2.75, 3.05) is 6.61 Å². The third kappa shape index (κ3) is 6.34. The number of rotatable bonds is 6. The minimum Gasteiger partial charge on any atom is -0.465 e. The summed E-state index contributed by atoms with van der Waals surface area (Å²) in [7, 11) is 0. The third-order valence-electron chi connectivity index (χ3n) is 1.40. The highest BCUT2D eigenvalue weighted by molar-refractivity contribution is 6.67. The van der Waals surface area contributed by atoms with Crippen molar-refractivity contribution in [2.45, 2.75) is 26.2 Å². The highest BCUT2D eigenvalue weighted by atomic mass is 35.5. The van der Waals surface area contributed by atoms with E-state index in [4.69, 9.17) is 16.3 Å². The predicted molar refractivity (Wildman–Crippen MR) is 50.5 cm³/mol. The Morgan fingerprint density at radius 1 is 1.46 bits per heavy atom. The predicted octanol–water partition coefficient (Wildman–Crippen LogP) is 2.04. The van der Waals surface area contributed by atoms with Gasteiger partial charge >= 0.3 is 5.97 Å². The zero-order valence-corrected chi connectivity index (χ0v) is 8.39. The maximum atomic E-state index is 10.9. The van der Waals surface area contributed by atoms with Crippen LogP contribution in [0.5, 0.6) is 0 Å². The molecule has 0 saturated heterocycles. The lowest BCUT2D eigenvalue weighted by atomic mass is 10.2. The second-order valence-electron chi connectivity index (χ2n) is 2.63. The Morgan fingerprint density at radius 3 is 2.54 bits per heavy atom. The number of esters is 1. The lowest BCUT2D eigenvalue weighted by Gasteiger charge is -2.02. The van der Waals surface area contributed by atoms with E-state index in [2.05, 4.69) is 6.58 Å². The number of halogens is 1. The van der Waals surface area contributed by atoms with Crippen molar-refractivity contribution < 1.29 is 14.3 Å². The summed E-state index contributed by atoms with van der Waals surface area (Å²) >= 11 is 5.09. The van der Waals surface area contributed by atoms with Crippen LogP contribution >= 0.6 is 11.6 Å². The first-order chi connectivity index (χ1) is 6.07. The van der Waals surface area contributed by atoms with E-state index in [1.165, 1.54) is 0 Å². The number of ether oxygens (including phenoxy) is 1. The van der Waals surface area contributed by atoms with Crippen LogP contribution in [0.25, 0.3) is 0 Å². The Labute approximate surface area is 82.7 Å². The van der Waals surface area contributed by atoms with Crippen LogP contribution in [-0.2, 0) is 14.3 Å². The van der Waals surface area contributed by atoms with Crippen LogP contribution < -0.4 is 0 Å². The summed E-state index contributed by atoms with van der Waals surface area (Å²) in [5.74, 6) is -0.451. The minimum absolute atomic E-state index is 0.0724. The van der Waals surface area contributed by atoms with Gasteiger partial charge in [-0.2, -0.15) is 0 Å². The fourth-order valence-corrected chi connectivity index (χ4v) is 0.692. The van der Waals surface area contributed by atoms with Gasteiger partial charge < -0.3 is 4.74 Å². The van der Waals surface area contributed by atoms with Crippen molar-refractivity contribution in [3.63, 3.8) is 0 Å². The van der Waals surface area contributed by atoms with Crippen molar-refractivity contribution in [1.29, 1.82) is 0 Å². The van der Waals surface area contributed by atoms with Gasteiger partial charge in [0.25, 0.3) is 0 Å². The summed E-state index contributed by atoms with van der Waals surface area (Å²) in [5, 5.41) is -0.688. The third-order valence-corrected chi connectivity index (χ3v) is 1.66. The maximum absolute atomic E-state index is 10.9. The largest absolute Gasteiger partial charge is 0.465 e. The van der Waals surface area contributed by atoms with Crippen molar-refractivity contribution in [2.24, 2.45) is 0 Å². The first-order valence-electron chi connectivity index (χ1n) is 4.11. The Hall–Kier alpha value is -0.830. The van der Waals surface area contributed by atoms with E-state index in [1.54, 1.807) is 0 Å². The molecule has 0 aliphatic carbocycles. The topological polar surface area (TPSA) is 43.4 Å². The molecule has 0 fully saturated rings. The van der Waals surface area contributed by atoms with Crippen LogP contribution in [0.3, 0.4) is 0 Å². The molecule has 0 aliphatic heterocycles. The summed E-state index contributed by atoms with van der Waals surface area (Å²) in [5.41, 5.74) is 0.0724. The Bertz CT molecular complexity index is 211. The van der Waals surface area contributed by atoms with Gasteiger partial charge in [-0.15, -0.1) is 0 Å². The smallest absolute Gasteiger partial charge is 0.310 e. The fraction of sp³-hybridized carbons (Fsp3) is 0.556. The monoisotopic (exact) mass is 204 g/mol. The summed E-state index contributed by atoms with van der Waals surface area (Å²) < 4.78 is 4.79. The molecule has 0 aromatic carbocycles. The molecular weight excluding hydrogens is 192 g/mol. The van der Waals surface area contributed by atoms with Crippen molar-refractivity contribution >= 4 is 22.8 Å². The Kier molecular flexibility index (Phi) is 6.24. The number of unbranched alkanes of at least 4 members (excludes halogenated alkanes) is 1. The minimum atomic E-state index is -0.688. The number of hydrogen-bond acceptors (Lipinski definition) is 3. The van der Waals surface area contributed by atoms with E-state index >= 15 is 0 Å². The Balaban J connectivity index is 3.62. The summed E-state index contributed by atoms with van der Waals surface area (Å²) in [6, 6.07) is 0. The maximum Gasteiger partial charge on any atom is 0.310 e. The summed E-state index contributed by atoms with van der Waals surface area (Å²) in [6.07, 6.45) is 1.67. The molecule has 0 aromatic heterocycles. The zero-order chi connectivity index (χ0) is 10.3. The molecule has 0 aliphatic rings. The van der Waals surface area contributed by atoms with Crippen LogP contribution in [0.1, 0.15) is 26.2 Å². The van der Waals surface area contributed by atoms with Crippen molar-refractivity contribution in [3.05, 3.63) is 12.2 Å². The molecule has 0 N–H and O–H groups in total. The summed E-state index contributed by atoms with van der Waals surface area (Å²) in [6.45, 7) is 5.72. The molecule has 0 aromatic rings. The molecule has 74 valence electrons. The zero-order valence-electron chi connectivity index (χ0n) is 7.64. The SMILES string of the molecule is C=C(CC(=O)OCCCC)C(=O)Cl. The molecule has 4 heteroatoms. The number of hydrogen-bond donors (Lipinski definition) is 0. The molecule has 0 unspecified atom stereocenters. The lowest BCUT2D eigenvalue weighted by molar-refractivity contribution is -0.143. The van der Waals surface area contributed by atoms with Gasteiger partial charge in [-0.05, 0) is 18.0 Å². The molecular formula is C9H13ClO3. The van der Waals surface area contributed by atoms with E-state index in [0.29, 0.717) is 6.61 Å². The second kappa shape index (κ2) is 6.66. The first-order valence-corrected chi connectivity index (χ1v) is 4.49. The highest BCUT2D eigenvalue weighted by Gasteiger charge is 2.09. The van der Waals surface area contributed by atoms with Gasteiger partial charge in [-0.1, -0.05) is 19.9 Å². The highest BCUT2D eigenvalue weighted by Crippen LogP contribution is 2.04. The van der Waals surface area contributed by atoms with E-state index in [1.807, 2.05) is 6.92 Å². The van der Waals surface area contributed by atoms with Gasteiger partial charge in [0.1, 0.15) is 0 Å². The van der Waals surface area contributed by atoms with E-state index in [-0.39, 0.29) is 12.0 Å². The second-order valence-corrected chi connectivity index (χ2v) is 2.97. The summed E-state index contributed by atoms with van der Waals surface area (Å²) in [4.78, 5) is 21.4. The molecule has 13 heavy (non-hydrogen) atoms. The average molecular weight is 205 g/mol. The molecule has 0 spiro atoms. The molecule has 0 bridgehead atoms. The van der Waals surface area contributed by atoms with Crippen LogP contribution in [0.4, 0.5) is 0 Å². The Morgan fingerprint density at radius 2 is 2.08 bits per heavy atom. The molecule has 3 nitrogen and oxygen atoms in total. The lowest BCUT2D eigenvalue weighted by Crippen LogP contribution is -2.08. The molecule has 0 amide bonds. The molecule has 0 saturated carbocycles. The van der Waals surface area contributed by atoms with Gasteiger partial charge in [0, 0.05) is 5.57 Å². The number of carbonyl (C=O) groups is 2. The molecule has 0 rings (SSSR count). The number of carbonyl (C=O) groups excluding carboxylic acids is 2. The molecule has 0 atom stereocenters. The van der Waals surface area contributed by atoms with Gasteiger partial charge in [0.05, 0.1) is 13.0 Å². The van der Waals surface area contributed by atoms with Crippen LogP contribution in [0, 0.1) is 0 Å². The quantitative estimate of drug-likeness (QED) is 0.288. The molecule has 0 radical (unpaired) electrons. The van der Waals surface area contributed by atoms with Gasteiger partial charge in [-0.3, -0.25) is 9.59 Å². The van der Waals surface area contributed by atoms with Gasteiger partial charge in [0.15, 0.2) is 0 Å². The normalized spacial score (nSPS) is 9.38. The van der Waals surface area contributed by atoms with Crippen LogP contribution in [0.15, 0.2) is 12.2 Å². The van der Waals surface area contributed by atoms with Crippen LogP contribution in [0.2, 0.25) is 0 Å².